The summed E-state index contributed by atoms with van der Waals surface area (Å²) < 4.78 is 5.44. The Bertz CT molecular complexity index is 651. The van der Waals surface area contributed by atoms with Crippen LogP contribution < -0.4 is 10.1 Å². The maximum absolute atomic E-state index is 11.4. The molecule has 5 nitrogen and oxygen atoms in total. The third kappa shape index (κ3) is 2.88. The second kappa shape index (κ2) is 6.06. The number of aromatic carboxylic acids is 1. The van der Waals surface area contributed by atoms with Crippen LogP contribution in [0.1, 0.15) is 16.8 Å². The largest absolute Gasteiger partial charge is 0.492 e. The molecule has 2 rings (SSSR count). The van der Waals surface area contributed by atoms with Crippen LogP contribution >= 0.6 is 0 Å². The Labute approximate surface area is 116 Å². The number of carboxylic acid groups (broad SMARTS) is 1. The van der Waals surface area contributed by atoms with E-state index in [9.17, 15) is 14.7 Å². The normalized spacial score (nSPS) is 10.2. The highest BCUT2D eigenvalue weighted by molar-refractivity contribution is 6.06. The molecule has 104 valence electrons. The van der Waals surface area contributed by atoms with E-state index in [2.05, 4.69) is 5.32 Å². The van der Waals surface area contributed by atoms with Crippen molar-refractivity contribution in [1.29, 1.82) is 0 Å². The fourth-order valence-corrected chi connectivity index (χ4v) is 1.97. The third-order valence-corrected chi connectivity index (χ3v) is 2.97. The number of benzene rings is 2. The van der Waals surface area contributed by atoms with Crippen LogP contribution in [0, 0.1) is 0 Å². The van der Waals surface area contributed by atoms with Gasteiger partial charge in [0.1, 0.15) is 11.3 Å². The van der Waals surface area contributed by atoms with Gasteiger partial charge in [-0.25, -0.2) is 4.79 Å². The Morgan fingerprint density at radius 2 is 1.95 bits per heavy atom. The van der Waals surface area contributed by atoms with E-state index in [1.807, 2.05) is 12.1 Å². The minimum absolute atomic E-state index is 0.125. The Balaban J connectivity index is 2.31. The SMILES string of the molecule is CNC(=O)CCOc1ccc2ccccc2c1C(=O)O. The van der Waals surface area contributed by atoms with Crippen LogP contribution in [0.5, 0.6) is 5.75 Å². The molecule has 0 aromatic heterocycles. The van der Waals surface area contributed by atoms with Gasteiger partial charge in [-0.2, -0.15) is 0 Å². The van der Waals surface area contributed by atoms with Crippen molar-refractivity contribution in [3.63, 3.8) is 0 Å². The monoisotopic (exact) mass is 273 g/mol. The van der Waals surface area contributed by atoms with Gasteiger partial charge in [0.2, 0.25) is 5.91 Å². The number of nitrogens with one attached hydrogen (secondary N) is 1. The van der Waals surface area contributed by atoms with Crippen LogP contribution in [0.3, 0.4) is 0 Å². The van der Waals surface area contributed by atoms with Gasteiger partial charge in [0.05, 0.1) is 13.0 Å². The van der Waals surface area contributed by atoms with Crippen LogP contribution in [-0.4, -0.2) is 30.6 Å². The summed E-state index contributed by atoms with van der Waals surface area (Å²) in [6.07, 6.45) is 0.183. The average Bonchev–Trinajstić information content (AvgIpc) is 2.46. The van der Waals surface area contributed by atoms with Crippen LogP contribution in [0.4, 0.5) is 0 Å². The lowest BCUT2D eigenvalue weighted by molar-refractivity contribution is -0.121. The first-order valence-corrected chi connectivity index (χ1v) is 6.22. The Hall–Kier alpha value is -2.56. The van der Waals surface area contributed by atoms with Crippen molar-refractivity contribution in [2.24, 2.45) is 0 Å². The molecule has 0 heterocycles. The van der Waals surface area contributed by atoms with Crippen LogP contribution in [-0.2, 0) is 4.79 Å². The van der Waals surface area contributed by atoms with Gasteiger partial charge in [0.15, 0.2) is 0 Å². The molecule has 0 aliphatic carbocycles. The second-order valence-electron chi connectivity index (χ2n) is 4.24. The fraction of sp³-hybridized carbons (Fsp3) is 0.200. The summed E-state index contributed by atoms with van der Waals surface area (Å²) in [5.41, 5.74) is 0.125. The van der Waals surface area contributed by atoms with E-state index in [1.54, 1.807) is 31.3 Å². The van der Waals surface area contributed by atoms with Gasteiger partial charge in [0.25, 0.3) is 0 Å². The lowest BCUT2D eigenvalue weighted by atomic mass is 10.0. The zero-order valence-corrected chi connectivity index (χ0v) is 11.1. The molecule has 1 amide bonds. The quantitative estimate of drug-likeness (QED) is 0.874. The average molecular weight is 273 g/mol. The summed E-state index contributed by atoms with van der Waals surface area (Å²) in [6.45, 7) is 0.137. The molecule has 0 aliphatic heterocycles. The number of ether oxygens (including phenoxy) is 1. The second-order valence-corrected chi connectivity index (χ2v) is 4.24. The van der Waals surface area contributed by atoms with E-state index in [1.165, 1.54) is 0 Å². The molecule has 0 unspecified atom stereocenters. The highest BCUT2D eigenvalue weighted by atomic mass is 16.5. The summed E-state index contributed by atoms with van der Waals surface area (Å²) in [5.74, 6) is -0.917. The molecule has 0 atom stereocenters. The first kappa shape index (κ1) is 13.9. The van der Waals surface area contributed by atoms with Gasteiger partial charge in [-0.15, -0.1) is 0 Å². The number of carboxylic acids is 1. The molecule has 0 aliphatic rings. The van der Waals surface area contributed by atoms with Crippen molar-refractivity contribution in [3.8, 4) is 5.75 Å². The van der Waals surface area contributed by atoms with E-state index in [0.717, 1.165) is 5.39 Å². The molecule has 0 bridgehead atoms. The van der Waals surface area contributed by atoms with E-state index in [0.29, 0.717) is 5.39 Å². The predicted molar refractivity (Wildman–Crippen MR) is 75.1 cm³/mol. The van der Waals surface area contributed by atoms with E-state index >= 15 is 0 Å². The first-order valence-electron chi connectivity index (χ1n) is 6.22. The van der Waals surface area contributed by atoms with E-state index in [4.69, 9.17) is 4.74 Å². The molecule has 0 saturated heterocycles. The maximum Gasteiger partial charge on any atom is 0.340 e. The number of hydrogen-bond donors (Lipinski definition) is 2. The Morgan fingerprint density at radius 1 is 1.20 bits per heavy atom. The van der Waals surface area contributed by atoms with Crippen LogP contribution in [0.15, 0.2) is 36.4 Å². The number of amides is 1. The minimum Gasteiger partial charge on any atom is -0.492 e. The molecule has 0 saturated carbocycles. The van der Waals surface area contributed by atoms with Gasteiger partial charge in [-0.3, -0.25) is 4.79 Å². The maximum atomic E-state index is 11.4. The minimum atomic E-state index is -1.04. The molecule has 0 fully saturated rings. The number of fused-ring (bicyclic) bond motifs is 1. The zero-order valence-electron chi connectivity index (χ0n) is 11.1. The van der Waals surface area contributed by atoms with Crippen LogP contribution in [0.2, 0.25) is 0 Å². The molecule has 20 heavy (non-hydrogen) atoms. The standard InChI is InChI=1S/C15H15NO4/c1-16-13(17)8-9-20-12-7-6-10-4-2-3-5-11(10)14(12)15(18)19/h2-7H,8-9H2,1H3,(H,16,17)(H,18,19). The van der Waals surface area contributed by atoms with Gasteiger partial charge < -0.3 is 15.2 Å². The molecular weight excluding hydrogens is 258 g/mol. The van der Waals surface area contributed by atoms with E-state index in [-0.39, 0.29) is 30.2 Å². The predicted octanol–water partition coefficient (Wildman–Crippen LogP) is 2.05. The molecule has 5 heteroatoms. The lowest BCUT2D eigenvalue weighted by Gasteiger charge is -2.11. The van der Waals surface area contributed by atoms with Gasteiger partial charge in [-0.1, -0.05) is 30.3 Å². The molecule has 2 aromatic rings. The molecule has 2 aromatic carbocycles. The number of hydrogen-bond acceptors (Lipinski definition) is 3. The zero-order chi connectivity index (χ0) is 14.5. The van der Waals surface area contributed by atoms with Crippen LogP contribution in [0.25, 0.3) is 10.8 Å². The van der Waals surface area contributed by atoms with E-state index < -0.39 is 5.97 Å². The summed E-state index contributed by atoms with van der Waals surface area (Å²) in [5, 5.41) is 13.3. The van der Waals surface area contributed by atoms with Crippen molar-refractivity contribution >= 4 is 22.6 Å². The first-order chi connectivity index (χ1) is 9.63. The highest BCUT2D eigenvalue weighted by Crippen LogP contribution is 2.28. The lowest BCUT2D eigenvalue weighted by Crippen LogP contribution is -2.20. The number of carbonyl (C=O) groups is 2. The van der Waals surface area contributed by atoms with Crippen molar-refractivity contribution in [2.75, 3.05) is 13.7 Å². The number of carbonyl (C=O) groups excluding carboxylic acids is 1. The molecule has 0 radical (unpaired) electrons. The summed E-state index contributed by atoms with van der Waals surface area (Å²) >= 11 is 0. The third-order valence-electron chi connectivity index (χ3n) is 2.97. The molecule has 2 N–H and O–H groups in total. The Kier molecular flexibility index (Phi) is 4.20. The van der Waals surface area contributed by atoms with Gasteiger partial charge in [-0.05, 0) is 16.8 Å². The molecular formula is C15H15NO4. The van der Waals surface area contributed by atoms with Crippen molar-refractivity contribution in [1.82, 2.24) is 5.32 Å². The van der Waals surface area contributed by atoms with Gasteiger partial charge in [0, 0.05) is 7.05 Å². The molecule has 0 spiro atoms. The highest BCUT2D eigenvalue weighted by Gasteiger charge is 2.15. The topological polar surface area (TPSA) is 75.6 Å². The fourth-order valence-electron chi connectivity index (χ4n) is 1.97. The smallest absolute Gasteiger partial charge is 0.340 e. The number of rotatable bonds is 5. The summed E-state index contributed by atoms with van der Waals surface area (Å²) in [4.78, 5) is 22.6. The van der Waals surface area contributed by atoms with Crippen molar-refractivity contribution < 1.29 is 19.4 Å². The summed E-state index contributed by atoms with van der Waals surface area (Å²) in [7, 11) is 1.54. The van der Waals surface area contributed by atoms with Crippen molar-refractivity contribution in [2.45, 2.75) is 6.42 Å². The van der Waals surface area contributed by atoms with Gasteiger partial charge >= 0.3 is 5.97 Å². The summed E-state index contributed by atoms with van der Waals surface area (Å²) in [6, 6.07) is 10.6. The van der Waals surface area contributed by atoms with Crippen molar-refractivity contribution in [3.05, 3.63) is 42.0 Å². The Morgan fingerprint density at radius 3 is 2.65 bits per heavy atom.